The second-order valence-electron chi connectivity index (χ2n) is 4.61. The third-order valence-corrected chi connectivity index (χ3v) is 3.32. The number of hydrogen-bond acceptors (Lipinski definition) is 2. The number of rotatable bonds is 6. The Bertz CT molecular complexity index is 344. The lowest BCUT2D eigenvalue weighted by atomic mass is 9.86. The molecule has 0 spiro atoms. The molecule has 1 unspecified atom stereocenters. The Hall–Kier alpha value is -1.35. The Balaban J connectivity index is 2.39. The summed E-state index contributed by atoms with van der Waals surface area (Å²) in [6, 6.07) is 10.1. The molecular weight excluding hydrogens is 212 g/mol. The van der Waals surface area contributed by atoms with Crippen LogP contribution in [0.4, 0.5) is 0 Å². The van der Waals surface area contributed by atoms with E-state index in [1.165, 1.54) is 5.56 Å². The fourth-order valence-electron chi connectivity index (χ4n) is 1.58. The van der Waals surface area contributed by atoms with E-state index >= 15 is 0 Å². The number of carbonyl (C=O) groups excluding carboxylic acids is 1. The fraction of sp³-hybridized carbons (Fsp3) is 0.500. The monoisotopic (exact) mass is 234 g/mol. The van der Waals surface area contributed by atoms with E-state index in [4.69, 9.17) is 5.73 Å². The first kappa shape index (κ1) is 13.7. The molecule has 1 amide bonds. The van der Waals surface area contributed by atoms with Gasteiger partial charge in [-0.15, -0.1) is 0 Å². The Kier molecular flexibility index (Phi) is 5.16. The molecule has 94 valence electrons. The van der Waals surface area contributed by atoms with E-state index in [2.05, 4.69) is 17.4 Å². The zero-order chi connectivity index (χ0) is 12.7. The first-order chi connectivity index (χ1) is 8.12. The van der Waals surface area contributed by atoms with Gasteiger partial charge in [-0.1, -0.05) is 37.3 Å². The summed E-state index contributed by atoms with van der Waals surface area (Å²) in [4.78, 5) is 11.9. The van der Waals surface area contributed by atoms with Crippen molar-refractivity contribution in [2.45, 2.75) is 26.7 Å². The average Bonchev–Trinajstić information content (AvgIpc) is 2.39. The van der Waals surface area contributed by atoms with Crippen molar-refractivity contribution >= 4 is 5.91 Å². The lowest BCUT2D eigenvalue weighted by Gasteiger charge is -2.24. The average molecular weight is 234 g/mol. The van der Waals surface area contributed by atoms with Crippen LogP contribution in [-0.4, -0.2) is 19.0 Å². The van der Waals surface area contributed by atoms with E-state index in [0.29, 0.717) is 13.1 Å². The highest BCUT2D eigenvalue weighted by atomic mass is 16.2. The van der Waals surface area contributed by atoms with Gasteiger partial charge in [0, 0.05) is 13.1 Å². The second-order valence-corrected chi connectivity index (χ2v) is 4.61. The summed E-state index contributed by atoms with van der Waals surface area (Å²) in [7, 11) is 0. The quantitative estimate of drug-likeness (QED) is 0.787. The maximum atomic E-state index is 11.9. The van der Waals surface area contributed by atoms with Crippen LogP contribution in [0.1, 0.15) is 25.8 Å². The van der Waals surface area contributed by atoms with Gasteiger partial charge in [0.15, 0.2) is 0 Å². The Labute approximate surface area is 103 Å². The molecule has 0 saturated carbocycles. The van der Waals surface area contributed by atoms with Gasteiger partial charge in [0.05, 0.1) is 5.41 Å². The molecule has 3 heteroatoms. The molecule has 0 radical (unpaired) electrons. The van der Waals surface area contributed by atoms with E-state index < -0.39 is 5.41 Å². The van der Waals surface area contributed by atoms with Gasteiger partial charge in [0.1, 0.15) is 0 Å². The summed E-state index contributed by atoms with van der Waals surface area (Å²) < 4.78 is 0. The van der Waals surface area contributed by atoms with Gasteiger partial charge >= 0.3 is 0 Å². The normalized spacial score (nSPS) is 14.1. The fourth-order valence-corrected chi connectivity index (χ4v) is 1.58. The standard InChI is InChI=1S/C14H22N2O/c1-3-14(2,11-15)13(17)16-10-9-12-7-5-4-6-8-12/h4-8H,3,9-11,15H2,1-2H3,(H,16,17). The van der Waals surface area contributed by atoms with Gasteiger partial charge in [-0.25, -0.2) is 0 Å². The number of carbonyl (C=O) groups is 1. The largest absolute Gasteiger partial charge is 0.355 e. The Morgan fingerprint density at radius 1 is 1.35 bits per heavy atom. The molecule has 1 atom stereocenters. The molecule has 0 aliphatic carbocycles. The predicted octanol–water partition coefficient (Wildman–Crippen LogP) is 1.72. The summed E-state index contributed by atoms with van der Waals surface area (Å²) in [5.74, 6) is 0.0541. The third kappa shape index (κ3) is 3.86. The number of benzene rings is 1. The van der Waals surface area contributed by atoms with Crippen LogP contribution in [0.2, 0.25) is 0 Å². The summed E-state index contributed by atoms with van der Waals surface area (Å²) in [6.07, 6.45) is 1.62. The zero-order valence-electron chi connectivity index (χ0n) is 10.7. The number of hydrogen-bond donors (Lipinski definition) is 2. The van der Waals surface area contributed by atoms with Gasteiger partial charge in [-0.05, 0) is 25.3 Å². The van der Waals surface area contributed by atoms with Crippen LogP contribution in [-0.2, 0) is 11.2 Å². The minimum Gasteiger partial charge on any atom is -0.355 e. The van der Waals surface area contributed by atoms with Crippen molar-refractivity contribution in [3.05, 3.63) is 35.9 Å². The molecule has 0 aromatic heterocycles. The Morgan fingerprint density at radius 3 is 2.53 bits per heavy atom. The smallest absolute Gasteiger partial charge is 0.227 e. The Morgan fingerprint density at radius 2 is 2.00 bits per heavy atom. The zero-order valence-corrected chi connectivity index (χ0v) is 10.7. The molecule has 0 fully saturated rings. The van der Waals surface area contributed by atoms with Gasteiger partial charge in [-0.3, -0.25) is 4.79 Å². The molecule has 1 aromatic rings. The molecule has 0 saturated heterocycles. The molecule has 0 heterocycles. The minimum atomic E-state index is -0.434. The highest BCUT2D eigenvalue weighted by Crippen LogP contribution is 2.18. The van der Waals surface area contributed by atoms with E-state index in [-0.39, 0.29) is 5.91 Å². The first-order valence-electron chi connectivity index (χ1n) is 6.14. The van der Waals surface area contributed by atoms with E-state index in [0.717, 1.165) is 12.8 Å². The maximum Gasteiger partial charge on any atom is 0.227 e. The topological polar surface area (TPSA) is 55.1 Å². The lowest BCUT2D eigenvalue weighted by Crippen LogP contribution is -2.44. The van der Waals surface area contributed by atoms with E-state index in [1.54, 1.807) is 0 Å². The van der Waals surface area contributed by atoms with E-state index in [1.807, 2.05) is 32.0 Å². The summed E-state index contributed by atoms with van der Waals surface area (Å²) in [5, 5.41) is 2.95. The van der Waals surface area contributed by atoms with Gasteiger partial charge in [0.25, 0.3) is 0 Å². The molecule has 1 aromatic carbocycles. The summed E-state index contributed by atoms with van der Waals surface area (Å²) in [5.41, 5.74) is 6.44. The molecular formula is C14H22N2O. The van der Waals surface area contributed by atoms with Crippen LogP contribution in [0.15, 0.2) is 30.3 Å². The third-order valence-electron chi connectivity index (χ3n) is 3.32. The summed E-state index contributed by atoms with van der Waals surface area (Å²) in [6.45, 7) is 4.95. The van der Waals surface area contributed by atoms with Crippen LogP contribution < -0.4 is 11.1 Å². The highest BCUT2D eigenvalue weighted by molar-refractivity contribution is 5.82. The molecule has 3 N–H and O–H groups in total. The van der Waals surface area contributed by atoms with Gasteiger partial charge in [-0.2, -0.15) is 0 Å². The first-order valence-corrected chi connectivity index (χ1v) is 6.14. The predicted molar refractivity (Wildman–Crippen MR) is 70.6 cm³/mol. The van der Waals surface area contributed by atoms with Gasteiger partial charge < -0.3 is 11.1 Å². The highest BCUT2D eigenvalue weighted by Gasteiger charge is 2.28. The van der Waals surface area contributed by atoms with Crippen molar-refractivity contribution in [3.8, 4) is 0 Å². The van der Waals surface area contributed by atoms with Crippen molar-refractivity contribution in [1.29, 1.82) is 0 Å². The van der Waals surface area contributed by atoms with Crippen LogP contribution >= 0.6 is 0 Å². The number of amides is 1. The molecule has 3 nitrogen and oxygen atoms in total. The van der Waals surface area contributed by atoms with Crippen LogP contribution in [0.3, 0.4) is 0 Å². The van der Waals surface area contributed by atoms with Gasteiger partial charge in [0.2, 0.25) is 5.91 Å². The molecule has 0 aliphatic rings. The van der Waals surface area contributed by atoms with Crippen LogP contribution in [0.25, 0.3) is 0 Å². The lowest BCUT2D eigenvalue weighted by molar-refractivity contribution is -0.129. The molecule has 1 rings (SSSR count). The molecule has 0 bridgehead atoms. The van der Waals surface area contributed by atoms with Crippen molar-refractivity contribution < 1.29 is 4.79 Å². The minimum absolute atomic E-state index is 0.0541. The number of nitrogens with one attached hydrogen (secondary N) is 1. The van der Waals surface area contributed by atoms with Crippen molar-refractivity contribution in [3.63, 3.8) is 0 Å². The van der Waals surface area contributed by atoms with E-state index in [9.17, 15) is 4.79 Å². The SMILES string of the molecule is CCC(C)(CN)C(=O)NCCc1ccccc1. The van der Waals surface area contributed by atoms with Crippen molar-refractivity contribution in [2.24, 2.45) is 11.1 Å². The van der Waals surface area contributed by atoms with Crippen LogP contribution in [0, 0.1) is 5.41 Å². The summed E-state index contributed by atoms with van der Waals surface area (Å²) >= 11 is 0. The van der Waals surface area contributed by atoms with Crippen LogP contribution in [0.5, 0.6) is 0 Å². The molecule has 0 aliphatic heterocycles. The maximum absolute atomic E-state index is 11.9. The second kappa shape index (κ2) is 6.40. The van der Waals surface area contributed by atoms with Crippen molar-refractivity contribution in [2.75, 3.05) is 13.1 Å². The van der Waals surface area contributed by atoms with Crippen molar-refractivity contribution in [1.82, 2.24) is 5.32 Å². The number of nitrogens with two attached hydrogens (primary N) is 1. The molecule has 17 heavy (non-hydrogen) atoms.